The molecule has 2 aliphatic rings. The largest absolute Gasteiger partial charge is 0.454 e. The number of halogens is 2. The minimum Gasteiger partial charge on any atom is -0.454 e. The van der Waals surface area contributed by atoms with Gasteiger partial charge >= 0.3 is 0 Å². The van der Waals surface area contributed by atoms with Crippen molar-refractivity contribution >= 4 is 39.1 Å². The van der Waals surface area contributed by atoms with Crippen molar-refractivity contribution < 1.29 is 22.7 Å². The molecule has 0 aliphatic carbocycles. The van der Waals surface area contributed by atoms with Crippen LogP contribution in [-0.2, 0) is 21.4 Å². The molecule has 0 atom stereocenters. The number of carbonyl (C=O) groups excluding carboxylic acids is 1. The topological polar surface area (TPSA) is 84.9 Å². The Hall–Kier alpha value is -2.00. The van der Waals surface area contributed by atoms with Crippen LogP contribution in [0.4, 0.5) is 0 Å². The van der Waals surface area contributed by atoms with Gasteiger partial charge in [-0.05, 0) is 42.7 Å². The van der Waals surface area contributed by atoms with Crippen LogP contribution in [0.5, 0.6) is 11.5 Å². The number of nitrogens with one attached hydrogen (secondary N) is 1. The molecule has 0 unspecified atom stereocenters. The van der Waals surface area contributed by atoms with E-state index in [0.29, 0.717) is 30.9 Å². The van der Waals surface area contributed by atoms with Crippen molar-refractivity contribution in [2.45, 2.75) is 24.3 Å². The Morgan fingerprint density at radius 2 is 1.73 bits per heavy atom. The summed E-state index contributed by atoms with van der Waals surface area (Å²) in [5, 5.41) is 3.10. The maximum atomic E-state index is 12.9. The van der Waals surface area contributed by atoms with Gasteiger partial charge in [-0.25, -0.2) is 8.42 Å². The van der Waals surface area contributed by atoms with Crippen LogP contribution in [0.2, 0.25) is 10.0 Å². The molecule has 2 aromatic rings. The van der Waals surface area contributed by atoms with Crippen molar-refractivity contribution in [3.05, 3.63) is 52.0 Å². The Morgan fingerprint density at radius 3 is 2.43 bits per heavy atom. The number of rotatable bonds is 5. The number of carbonyl (C=O) groups is 1. The standard InChI is InChI=1S/C20H20Cl2N2O5S/c21-15-2-1-3-16(22)19(15)30(26,27)24-8-6-14(7-9-24)20(25)23-11-13-4-5-17-18(10-13)29-12-28-17/h1-5,10,14H,6-9,11-12H2,(H,23,25). The average molecular weight is 471 g/mol. The number of hydrogen-bond donors (Lipinski definition) is 1. The monoisotopic (exact) mass is 470 g/mol. The lowest BCUT2D eigenvalue weighted by molar-refractivity contribution is -0.126. The van der Waals surface area contributed by atoms with Crippen LogP contribution in [0.3, 0.4) is 0 Å². The van der Waals surface area contributed by atoms with Crippen molar-refractivity contribution in [2.24, 2.45) is 5.92 Å². The van der Waals surface area contributed by atoms with E-state index in [0.717, 1.165) is 5.56 Å². The van der Waals surface area contributed by atoms with Gasteiger partial charge in [0.1, 0.15) is 4.90 Å². The maximum Gasteiger partial charge on any atom is 0.246 e. The van der Waals surface area contributed by atoms with Gasteiger partial charge in [0.2, 0.25) is 22.7 Å². The molecule has 2 aliphatic heterocycles. The molecule has 2 aromatic carbocycles. The fraction of sp³-hybridized carbons (Fsp3) is 0.350. The second-order valence-electron chi connectivity index (χ2n) is 7.13. The van der Waals surface area contributed by atoms with Crippen molar-refractivity contribution in [3.8, 4) is 11.5 Å². The summed E-state index contributed by atoms with van der Waals surface area (Å²) >= 11 is 12.2. The van der Waals surface area contributed by atoms with E-state index in [1.807, 2.05) is 18.2 Å². The molecular formula is C20H20Cl2N2O5S. The van der Waals surface area contributed by atoms with E-state index in [1.165, 1.54) is 16.4 Å². The summed E-state index contributed by atoms with van der Waals surface area (Å²) in [6.45, 7) is 1.02. The number of benzene rings is 2. The van der Waals surface area contributed by atoms with Crippen LogP contribution < -0.4 is 14.8 Å². The Labute approximate surface area is 184 Å². The molecule has 1 fully saturated rings. The van der Waals surface area contributed by atoms with Gasteiger partial charge in [0.15, 0.2) is 11.5 Å². The molecule has 1 amide bonds. The predicted octanol–water partition coefficient (Wildman–Crippen LogP) is 3.44. The van der Waals surface area contributed by atoms with Crippen LogP contribution in [0, 0.1) is 5.92 Å². The first-order chi connectivity index (χ1) is 14.4. The second kappa shape index (κ2) is 8.63. The summed E-state index contributed by atoms with van der Waals surface area (Å²) < 4.78 is 37.8. The van der Waals surface area contributed by atoms with E-state index >= 15 is 0 Å². The summed E-state index contributed by atoms with van der Waals surface area (Å²) in [6, 6.07) is 10.1. The van der Waals surface area contributed by atoms with E-state index in [1.54, 1.807) is 6.07 Å². The van der Waals surface area contributed by atoms with Gasteiger partial charge in [0.25, 0.3) is 0 Å². The molecular weight excluding hydrogens is 451 g/mol. The molecule has 0 radical (unpaired) electrons. The maximum absolute atomic E-state index is 12.9. The van der Waals surface area contributed by atoms with Gasteiger partial charge in [-0.1, -0.05) is 35.3 Å². The van der Waals surface area contributed by atoms with Crippen molar-refractivity contribution in [3.63, 3.8) is 0 Å². The number of nitrogens with zero attached hydrogens (tertiary/aromatic N) is 1. The highest BCUT2D eigenvalue weighted by Gasteiger charge is 2.34. The number of ether oxygens (including phenoxy) is 2. The van der Waals surface area contributed by atoms with Gasteiger partial charge < -0.3 is 14.8 Å². The molecule has 2 heterocycles. The SMILES string of the molecule is O=C(NCc1ccc2c(c1)OCO2)C1CCN(S(=O)(=O)c2c(Cl)cccc2Cl)CC1. The van der Waals surface area contributed by atoms with Gasteiger partial charge in [0, 0.05) is 25.6 Å². The minimum atomic E-state index is -3.82. The van der Waals surface area contributed by atoms with Crippen molar-refractivity contribution in [2.75, 3.05) is 19.9 Å². The van der Waals surface area contributed by atoms with Gasteiger partial charge in [-0.2, -0.15) is 4.31 Å². The van der Waals surface area contributed by atoms with E-state index in [2.05, 4.69) is 5.32 Å². The van der Waals surface area contributed by atoms with Crippen LogP contribution in [0.1, 0.15) is 18.4 Å². The molecule has 30 heavy (non-hydrogen) atoms. The highest BCUT2D eigenvalue weighted by Crippen LogP contribution is 2.34. The third-order valence-electron chi connectivity index (χ3n) is 5.25. The molecule has 0 saturated carbocycles. The zero-order valence-corrected chi connectivity index (χ0v) is 18.3. The van der Waals surface area contributed by atoms with Gasteiger partial charge in [-0.15, -0.1) is 0 Å². The van der Waals surface area contributed by atoms with E-state index in [-0.39, 0.29) is 46.6 Å². The number of hydrogen-bond acceptors (Lipinski definition) is 5. The molecule has 0 bridgehead atoms. The number of piperidine rings is 1. The van der Waals surface area contributed by atoms with Crippen molar-refractivity contribution in [1.82, 2.24) is 9.62 Å². The highest BCUT2D eigenvalue weighted by atomic mass is 35.5. The van der Waals surface area contributed by atoms with E-state index in [4.69, 9.17) is 32.7 Å². The third-order valence-corrected chi connectivity index (χ3v) is 8.10. The van der Waals surface area contributed by atoms with Crippen LogP contribution in [-0.4, -0.2) is 38.5 Å². The fourth-order valence-electron chi connectivity index (χ4n) is 3.60. The van der Waals surface area contributed by atoms with Crippen LogP contribution in [0.15, 0.2) is 41.3 Å². The Kier molecular flexibility index (Phi) is 6.11. The summed E-state index contributed by atoms with van der Waals surface area (Å²) in [6.07, 6.45) is 0.850. The first-order valence-corrected chi connectivity index (χ1v) is 11.7. The second-order valence-corrected chi connectivity index (χ2v) is 9.82. The number of fused-ring (bicyclic) bond motifs is 1. The highest BCUT2D eigenvalue weighted by molar-refractivity contribution is 7.89. The summed E-state index contributed by atoms with van der Waals surface area (Å²) in [4.78, 5) is 12.5. The van der Waals surface area contributed by atoms with E-state index < -0.39 is 10.0 Å². The lowest BCUT2D eigenvalue weighted by Gasteiger charge is -2.31. The van der Waals surface area contributed by atoms with Crippen LogP contribution in [0.25, 0.3) is 0 Å². The lowest BCUT2D eigenvalue weighted by atomic mass is 9.97. The van der Waals surface area contributed by atoms with Crippen LogP contribution >= 0.6 is 23.2 Å². The normalized spacial score (nSPS) is 17.1. The molecule has 1 saturated heterocycles. The average Bonchev–Trinajstić information content (AvgIpc) is 3.19. The minimum absolute atomic E-state index is 0.0842. The first-order valence-electron chi connectivity index (χ1n) is 9.46. The molecule has 4 rings (SSSR count). The quantitative estimate of drug-likeness (QED) is 0.723. The Balaban J connectivity index is 1.34. The molecule has 0 aromatic heterocycles. The first kappa shape index (κ1) is 21.2. The summed E-state index contributed by atoms with van der Waals surface area (Å²) in [5.41, 5.74) is 0.904. The van der Waals surface area contributed by atoms with Gasteiger partial charge in [0.05, 0.1) is 10.0 Å². The molecule has 0 spiro atoms. The summed E-state index contributed by atoms with van der Waals surface area (Å²) in [7, 11) is -3.82. The summed E-state index contributed by atoms with van der Waals surface area (Å²) in [5.74, 6) is 1.00. The Morgan fingerprint density at radius 1 is 1.07 bits per heavy atom. The zero-order valence-electron chi connectivity index (χ0n) is 15.9. The lowest BCUT2D eigenvalue weighted by Crippen LogP contribution is -2.43. The zero-order chi connectivity index (χ0) is 21.3. The van der Waals surface area contributed by atoms with E-state index in [9.17, 15) is 13.2 Å². The Bertz CT molecular complexity index is 1050. The molecule has 10 heteroatoms. The predicted molar refractivity (Wildman–Crippen MR) is 112 cm³/mol. The van der Waals surface area contributed by atoms with Crippen molar-refractivity contribution in [1.29, 1.82) is 0 Å². The molecule has 1 N–H and O–H groups in total. The van der Waals surface area contributed by atoms with Gasteiger partial charge in [-0.3, -0.25) is 4.79 Å². The third kappa shape index (κ3) is 4.23. The number of sulfonamides is 1. The number of amides is 1. The fourth-order valence-corrected chi connectivity index (χ4v) is 6.16. The molecule has 7 nitrogen and oxygen atoms in total. The smallest absolute Gasteiger partial charge is 0.246 e. The molecule has 160 valence electrons.